The lowest BCUT2D eigenvalue weighted by Crippen LogP contribution is -2.18. The molecular formula is C11H20N2O. The number of furan rings is 1. The molecule has 3 nitrogen and oxygen atoms in total. The lowest BCUT2D eigenvalue weighted by atomic mass is 10.3. The molecule has 80 valence electrons. The first-order valence-corrected chi connectivity index (χ1v) is 5.22. The van der Waals surface area contributed by atoms with Crippen LogP contribution in [-0.2, 0) is 13.1 Å². The van der Waals surface area contributed by atoms with Crippen molar-refractivity contribution < 1.29 is 4.42 Å². The number of nitrogens with two attached hydrogens (primary N) is 1. The van der Waals surface area contributed by atoms with Gasteiger partial charge in [-0.2, -0.15) is 0 Å². The summed E-state index contributed by atoms with van der Waals surface area (Å²) in [5.41, 5.74) is 5.47. The van der Waals surface area contributed by atoms with Crippen molar-refractivity contribution >= 4 is 0 Å². The summed E-state index contributed by atoms with van der Waals surface area (Å²) >= 11 is 0. The summed E-state index contributed by atoms with van der Waals surface area (Å²) in [7, 11) is 2.11. The van der Waals surface area contributed by atoms with Gasteiger partial charge in [0.05, 0.1) is 13.1 Å². The second-order valence-corrected chi connectivity index (χ2v) is 3.66. The van der Waals surface area contributed by atoms with Gasteiger partial charge in [-0.1, -0.05) is 13.3 Å². The van der Waals surface area contributed by atoms with Crippen LogP contribution in [0, 0.1) is 0 Å². The molecule has 0 atom stereocenters. The topological polar surface area (TPSA) is 42.4 Å². The van der Waals surface area contributed by atoms with Gasteiger partial charge in [0.15, 0.2) is 0 Å². The number of unbranched alkanes of at least 4 members (excludes halogenated alkanes) is 1. The van der Waals surface area contributed by atoms with Crippen LogP contribution in [0.15, 0.2) is 16.5 Å². The molecular weight excluding hydrogens is 176 g/mol. The van der Waals surface area contributed by atoms with E-state index in [4.69, 9.17) is 10.2 Å². The first-order valence-electron chi connectivity index (χ1n) is 5.22. The molecule has 1 aromatic heterocycles. The molecule has 0 saturated carbocycles. The third-order valence-corrected chi connectivity index (χ3v) is 2.24. The third kappa shape index (κ3) is 3.52. The van der Waals surface area contributed by atoms with E-state index in [1.807, 2.05) is 12.1 Å². The molecule has 0 aliphatic heterocycles. The Hall–Kier alpha value is -0.800. The molecule has 0 bridgehead atoms. The zero-order chi connectivity index (χ0) is 10.4. The van der Waals surface area contributed by atoms with Crippen molar-refractivity contribution in [3.63, 3.8) is 0 Å². The fraction of sp³-hybridized carbons (Fsp3) is 0.636. The Morgan fingerprint density at radius 3 is 2.64 bits per heavy atom. The summed E-state index contributed by atoms with van der Waals surface area (Å²) in [6, 6.07) is 3.95. The van der Waals surface area contributed by atoms with Crippen LogP contribution in [0.4, 0.5) is 0 Å². The fourth-order valence-corrected chi connectivity index (χ4v) is 1.39. The lowest BCUT2D eigenvalue weighted by Gasteiger charge is -2.13. The molecule has 14 heavy (non-hydrogen) atoms. The average Bonchev–Trinajstić information content (AvgIpc) is 2.62. The van der Waals surface area contributed by atoms with Crippen LogP contribution in [0.25, 0.3) is 0 Å². The first kappa shape index (κ1) is 11.3. The molecule has 0 radical (unpaired) electrons. The van der Waals surface area contributed by atoms with Crippen molar-refractivity contribution in [1.29, 1.82) is 0 Å². The summed E-state index contributed by atoms with van der Waals surface area (Å²) in [4.78, 5) is 2.27. The van der Waals surface area contributed by atoms with Crippen LogP contribution < -0.4 is 5.73 Å². The fourth-order valence-electron chi connectivity index (χ4n) is 1.39. The van der Waals surface area contributed by atoms with Crippen molar-refractivity contribution in [3.8, 4) is 0 Å². The van der Waals surface area contributed by atoms with E-state index in [0.717, 1.165) is 24.6 Å². The van der Waals surface area contributed by atoms with Crippen molar-refractivity contribution in [2.24, 2.45) is 5.73 Å². The van der Waals surface area contributed by atoms with Gasteiger partial charge < -0.3 is 10.2 Å². The summed E-state index contributed by atoms with van der Waals surface area (Å²) < 4.78 is 5.52. The quantitative estimate of drug-likeness (QED) is 0.756. The Bertz CT molecular complexity index is 258. The molecule has 0 aliphatic rings. The van der Waals surface area contributed by atoms with E-state index in [9.17, 15) is 0 Å². The molecule has 1 heterocycles. The Labute approximate surface area is 85.9 Å². The molecule has 0 fully saturated rings. The molecule has 0 saturated heterocycles. The van der Waals surface area contributed by atoms with E-state index in [1.165, 1.54) is 12.8 Å². The van der Waals surface area contributed by atoms with Gasteiger partial charge in [0, 0.05) is 0 Å². The van der Waals surface area contributed by atoms with Gasteiger partial charge in [0.2, 0.25) is 0 Å². The number of nitrogens with zero attached hydrogens (tertiary/aromatic N) is 1. The minimum atomic E-state index is 0.485. The third-order valence-electron chi connectivity index (χ3n) is 2.24. The second kappa shape index (κ2) is 5.83. The Balaban J connectivity index is 2.35. The maximum atomic E-state index is 5.52. The molecule has 1 rings (SSSR count). The van der Waals surface area contributed by atoms with Gasteiger partial charge in [-0.05, 0) is 32.1 Å². The largest absolute Gasteiger partial charge is 0.463 e. The zero-order valence-electron chi connectivity index (χ0n) is 9.12. The maximum absolute atomic E-state index is 5.52. The molecule has 2 N–H and O–H groups in total. The average molecular weight is 196 g/mol. The molecule has 0 spiro atoms. The second-order valence-electron chi connectivity index (χ2n) is 3.66. The van der Waals surface area contributed by atoms with E-state index >= 15 is 0 Å². The number of hydrogen-bond acceptors (Lipinski definition) is 3. The van der Waals surface area contributed by atoms with Gasteiger partial charge in [0.25, 0.3) is 0 Å². The van der Waals surface area contributed by atoms with Crippen LogP contribution in [0.3, 0.4) is 0 Å². The Morgan fingerprint density at radius 2 is 2.07 bits per heavy atom. The minimum Gasteiger partial charge on any atom is -0.463 e. The molecule has 0 aliphatic carbocycles. The van der Waals surface area contributed by atoms with Gasteiger partial charge in [0.1, 0.15) is 11.5 Å². The van der Waals surface area contributed by atoms with Crippen LogP contribution in [0.5, 0.6) is 0 Å². The summed E-state index contributed by atoms with van der Waals surface area (Å²) in [6.07, 6.45) is 2.47. The van der Waals surface area contributed by atoms with Crippen LogP contribution in [0.1, 0.15) is 31.3 Å². The molecule has 0 aromatic carbocycles. The number of rotatable bonds is 6. The molecule has 0 unspecified atom stereocenters. The maximum Gasteiger partial charge on any atom is 0.118 e. The van der Waals surface area contributed by atoms with E-state index < -0.39 is 0 Å². The highest BCUT2D eigenvalue weighted by Gasteiger charge is 2.03. The van der Waals surface area contributed by atoms with Crippen molar-refractivity contribution in [2.45, 2.75) is 32.9 Å². The normalized spacial score (nSPS) is 11.1. The zero-order valence-corrected chi connectivity index (χ0v) is 9.12. The van der Waals surface area contributed by atoms with E-state index in [1.54, 1.807) is 0 Å². The van der Waals surface area contributed by atoms with Gasteiger partial charge in [-0.15, -0.1) is 0 Å². The monoisotopic (exact) mass is 196 g/mol. The highest BCUT2D eigenvalue weighted by molar-refractivity contribution is 5.06. The standard InChI is InChI=1S/C11H20N2O/c1-3-4-7-13(2)9-11-6-5-10(8-12)14-11/h5-6H,3-4,7-9,12H2,1-2H3. The summed E-state index contributed by atoms with van der Waals surface area (Å²) in [6.45, 7) is 4.68. The Kier molecular flexibility index (Phi) is 4.70. The highest BCUT2D eigenvalue weighted by atomic mass is 16.3. The van der Waals surface area contributed by atoms with Crippen LogP contribution in [-0.4, -0.2) is 18.5 Å². The van der Waals surface area contributed by atoms with Crippen molar-refractivity contribution in [3.05, 3.63) is 23.7 Å². The van der Waals surface area contributed by atoms with Crippen molar-refractivity contribution in [2.75, 3.05) is 13.6 Å². The molecule has 0 amide bonds. The summed E-state index contributed by atoms with van der Waals surface area (Å²) in [5.74, 6) is 1.87. The van der Waals surface area contributed by atoms with E-state index in [0.29, 0.717) is 6.54 Å². The van der Waals surface area contributed by atoms with Gasteiger partial charge in [-0.3, -0.25) is 4.90 Å². The minimum absolute atomic E-state index is 0.485. The van der Waals surface area contributed by atoms with Gasteiger partial charge >= 0.3 is 0 Å². The van der Waals surface area contributed by atoms with E-state index in [-0.39, 0.29) is 0 Å². The predicted octanol–water partition coefficient (Wildman–Crippen LogP) is 1.97. The molecule has 3 heteroatoms. The lowest BCUT2D eigenvalue weighted by molar-refractivity contribution is 0.286. The smallest absolute Gasteiger partial charge is 0.118 e. The molecule has 1 aromatic rings. The van der Waals surface area contributed by atoms with Gasteiger partial charge in [-0.25, -0.2) is 0 Å². The van der Waals surface area contributed by atoms with Crippen LogP contribution >= 0.6 is 0 Å². The SMILES string of the molecule is CCCCN(C)Cc1ccc(CN)o1. The van der Waals surface area contributed by atoms with E-state index in [2.05, 4.69) is 18.9 Å². The summed E-state index contributed by atoms with van der Waals surface area (Å²) in [5, 5.41) is 0. The first-order chi connectivity index (χ1) is 6.76. The van der Waals surface area contributed by atoms with Crippen LogP contribution in [0.2, 0.25) is 0 Å². The van der Waals surface area contributed by atoms with Crippen molar-refractivity contribution in [1.82, 2.24) is 4.90 Å². The number of hydrogen-bond donors (Lipinski definition) is 1. The Morgan fingerprint density at radius 1 is 1.36 bits per heavy atom. The predicted molar refractivity (Wildman–Crippen MR) is 57.8 cm³/mol. The highest BCUT2D eigenvalue weighted by Crippen LogP contribution is 2.09.